The number of carbonyl (C=O) groups is 1. The van der Waals surface area contributed by atoms with Gasteiger partial charge in [-0.1, -0.05) is 0 Å². The second-order valence-corrected chi connectivity index (χ2v) is 5.72. The van der Waals surface area contributed by atoms with E-state index in [1.807, 2.05) is 0 Å². The van der Waals surface area contributed by atoms with Crippen molar-refractivity contribution in [3.05, 3.63) is 55.8 Å². The molecule has 0 radical (unpaired) electrons. The largest absolute Gasteiger partial charge is 0.481 e. The van der Waals surface area contributed by atoms with Crippen molar-refractivity contribution in [2.45, 2.75) is 0 Å². The van der Waals surface area contributed by atoms with Crippen molar-refractivity contribution in [2.75, 3.05) is 19.1 Å². The maximum atomic E-state index is 11.1. The van der Waals surface area contributed by atoms with E-state index >= 15 is 0 Å². The predicted molar refractivity (Wildman–Crippen MR) is 98.8 cm³/mol. The number of rotatable bonds is 7. The number of carbonyl (C=O) groups excluding carboxylic acids is 1. The first-order valence-electron chi connectivity index (χ1n) is 6.89. The molecule has 1 N–H and O–H groups in total. The number of esters is 1. The number of aromatic nitrogens is 1. The fourth-order valence-electron chi connectivity index (χ4n) is 1.71. The number of methoxy groups -OCH3 is 1. The molecule has 0 atom stereocenters. The topological polar surface area (TPSA) is 116 Å². The Bertz CT molecular complexity index is 812. The van der Waals surface area contributed by atoms with E-state index in [4.69, 9.17) is 4.74 Å². The van der Waals surface area contributed by atoms with Crippen molar-refractivity contribution in [2.24, 2.45) is 5.10 Å². The molecule has 9 nitrogen and oxygen atoms in total. The molecule has 0 unspecified atom stereocenters. The zero-order valence-corrected chi connectivity index (χ0v) is 15.2. The number of anilines is 1. The van der Waals surface area contributed by atoms with Crippen molar-refractivity contribution in [3.8, 4) is 5.75 Å². The molecule has 0 bridgehead atoms. The minimum atomic E-state index is -0.540. The number of ether oxygens (including phenoxy) is 2. The van der Waals surface area contributed by atoms with Gasteiger partial charge < -0.3 is 9.47 Å². The molecule has 0 aliphatic rings. The van der Waals surface area contributed by atoms with E-state index in [2.05, 4.69) is 42.8 Å². The molecule has 1 aromatic carbocycles. The van der Waals surface area contributed by atoms with Gasteiger partial charge in [-0.25, -0.2) is 9.78 Å². The SMILES string of the molecule is COC(=O)COc1ccc(/C=N\Nc2ncccc2[N+](=O)[O-])cc1I. The number of nitro groups is 1. The number of nitrogens with one attached hydrogen (secondary N) is 1. The standard InChI is InChI=1S/C15H13IN4O5/c1-24-14(21)9-25-13-5-4-10(7-11(13)16)8-18-19-15-12(20(22)23)3-2-6-17-15/h2-8H,9H2,1H3,(H,17,19)/b18-8-. The molecule has 130 valence electrons. The van der Waals surface area contributed by atoms with E-state index < -0.39 is 10.9 Å². The van der Waals surface area contributed by atoms with Gasteiger partial charge in [-0.15, -0.1) is 0 Å². The lowest BCUT2D eigenvalue weighted by atomic mass is 10.2. The predicted octanol–water partition coefficient (Wildman–Crippen LogP) is 2.59. The Morgan fingerprint density at radius 2 is 2.28 bits per heavy atom. The minimum Gasteiger partial charge on any atom is -0.481 e. The van der Waals surface area contributed by atoms with Gasteiger partial charge in [-0.3, -0.25) is 15.5 Å². The highest BCUT2D eigenvalue weighted by Gasteiger charge is 2.13. The summed E-state index contributed by atoms with van der Waals surface area (Å²) in [7, 11) is 1.29. The third kappa shape index (κ3) is 5.38. The second-order valence-electron chi connectivity index (χ2n) is 4.55. The van der Waals surface area contributed by atoms with E-state index in [9.17, 15) is 14.9 Å². The number of nitrogens with zero attached hydrogens (tertiary/aromatic N) is 3. The highest BCUT2D eigenvalue weighted by molar-refractivity contribution is 14.1. The molecule has 0 spiro atoms. The fourth-order valence-corrected chi connectivity index (χ4v) is 2.40. The minimum absolute atomic E-state index is 0.0523. The molecule has 0 saturated heterocycles. The van der Waals surface area contributed by atoms with E-state index in [1.165, 1.54) is 31.7 Å². The molecule has 1 heterocycles. The van der Waals surface area contributed by atoms with Gasteiger partial charge in [-0.05, 0) is 52.4 Å². The van der Waals surface area contributed by atoms with Crippen molar-refractivity contribution in [3.63, 3.8) is 0 Å². The van der Waals surface area contributed by atoms with Crippen molar-refractivity contribution >= 4 is 46.3 Å². The third-order valence-corrected chi connectivity index (χ3v) is 3.74. The van der Waals surface area contributed by atoms with Crippen LogP contribution in [0.15, 0.2) is 41.6 Å². The van der Waals surface area contributed by atoms with Gasteiger partial charge in [0.2, 0.25) is 5.82 Å². The summed E-state index contributed by atoms with van der Waals surface area (Å²) in [5.74, 6) is 0.121. The molecule has 0 fully saturated rings. The van der Waals surface area contributed by atoms with Crippen LogP contribution in [0.2, 0.25) is 0 Å². The summed E-state index contributed by atoms with van der Waals surface area (Å²) in [6.07, 6.45) is 2.92. The molecule has 1 aromatic heterocycles. The van der Waals surface area contributed by atoms with Gasteiger partial charge in [0, 0.05) is 12.3 Å². The summed E-state index contributed by atoms with van der Waals surface area (Å²) in [6, 6.07) is 8.01. The fraction of sp³-hybridized carbons (Fsp3) is 0.133. The summed E-state index contributed by atoms with van der Waals surface area (Å²) in [4.78, 5) is 25.3. The summed E-state index contributed by atoms with van der Waals surface area (Å²) >= 11 is 2.06. The lowest BCUT2D eigenvalue weighted by molar-refractivity contribution is -0.384. The van der Waals surface area contributed by atoms with E-state index in [0.717, 1.165) is 9.13 Å². The Labute approximate surface area is 156 Å². The first-order chi connectivity index (χ1) is 12.0. The third-order valence-electron chi connectivity index (χ3n) is 2.90. The first-order valence-corrected chi connectivity index (χ1v) is 7.96. The molecule has 0 saturated carbocycles. The first kappa shape index (κ1) is 18.6. The van der Waals surface area contributed by atoms with Crippen LogP contribution >= 0.6 is 22.6 Å². The second kappa shape index (κ2) is 8.92. The quantitative estimate of drug-likeness (QED) is 0.224. The number of pyridine rings is 1. The molecule has 25 heavy (non-hydrogen) atoms. The van der Waals surface area contributed by atoms with Crippen LogP contribution in [0.1, 0.15) is 5.56 Å². The average molecular weight is 456 g/mol. The van der Waals surface area contributed by atoms with Crippen molar-refractivity contribution in [1.29, 1.82) is 0 Å². The molecule has 0 aliphatic carbocycles. The highest BCUT2D eigenvalue weighted by atomic mass is 127. The molecular weight excluding hydrogens is 443 g/mol. The van der Waals surface area contributed by atoms with Crippen LogP contribution in [0.25, 0.3) is 0 Å². The van der Waals surface area contributed by atoms with Crippen LogP contribution in [0, 0.1) is 13.7 Å². The summed E-state index contributed by atoms with van der Waals surface area (Å²) in [5.41, 5.74) is 3.12. The lowest BCUT2D eigenvalue weighted by Gasteiger charge is -2.07. The van der Waals surface area contributed by atoms with Crippen LogP contribution < -0.4 is 10.2 Å². The molecular formula is C15H13IN4O5. The number of hydrogen-bond acceptors (Lipinski definition) is 8. The zero-order valence-electron chi connectivity index (χ0n) is 13.0. The number of hydrazone groups is 1. The Morgan fingerprint density at radius 1 is 1.48 bits per heavy atom. The zero-order chi connectivity index (χ0) is 18.2. The molecule has 0 aliphatic heterocycles. The van der Waals surface area contributed by atoms with Gasteiger partial charge in [0.25, 0.3) is 0 Å². The van der Waals surface area contributed by atoms with Crippen molar-refractivity contribution < 1.29 is 19.2 Å². The molecule has 2 aromatic rings. The summed E-state index contributed by atoms with van der Waals surface area (Å²) in [5, 5.41) is 14.8. The van der Waals surface area contributed by atoms with Gasteiger partial charge >= 0.3 is 11.7 Å². The van der Waals surface area contributed by atoms with Crippen LogP contribution in [0.5, 0.6) is 5.75 Å². The lowest BCUT2D eigenvalue weighted by Crippen LogP contribution is -2.13. The van der Waals surface area contributed by atoms with E-state index in [1.54, 1.807) is 18.2 Å². The maximum absolute atomic E-state index is 11.1. The smallest absolute Gasteiger partial charge is 0.343 e. The van der Waals surface area contributed by atoms with E-state index in [0.29, 0.717) is 5.75 Å². The Balaban J connectivity index is 2.03. The van der Waals surface area contributed by atoms with Crippen LogP contribution in [-0.2, 0) is 9.53 Å². The van der Waals surface area contributed by atoms with Gasteiger partial charge in [-0.2, -0.15) is 5.10 Å². The highest BCUT2D eigenvalue weighted by Crippen LogP contribution is 2.22. The van der Waals surface area contributed by atoms with Gasteiger partial charge in [0.05, 0.1) is 21.8 Å². The molecule has 0 amide bonds. The van der Waals surface area contributed by atoms with E-state index in [-0.39, 0.29) is 18.1 Å². The van der Waals surface area contributed by atoms with Crippen LogP contribution in [0.3, 0.4) is 0 Å². The Morgan fingerprint density at radius 3 is 2.96 bits per heavy atom. The number of hydrogen-bond donors (Lipinski definition) is 1. The van der Waals surface area contributed by atoms with Gasteiger partial charge in [0.1, 0.15) is 5.75 Å². The van der Waals surface area contributed by atoms with Crippen LogP contribution in [0.4, 0.5) is 11.5 Å². The molecule has 10 heteroatoms. The van der Waals surface area contributed by atoms with Crippen LogP contribution in [-0.4, -0.2) is 35.8 Å². The van der Waals surface area contributed by atoms with Gasteiger partial charge in [0.15, 0.2) is 6.61 Å². The average Bonchev–Trinajstić information content (AvgIpc) is 2.61. The number of halogens is 1. The molecule has 2 rings (SSSR count). The monoisotopic (exact) mass is 456 g/mol. The normalized spacial score (nSPS) is 10.5. The van der Waals surface area contributed by atoms with Crippen molar-refractivity contribution in [1.82, 2.24) is 4.98 Å². The Hall–Kier alpha value is -2.76. The Kier molecular flexibility index (Phi) is 6.62. The summed E-state index contributed by atoms with van der Waals surface area (Å²) < 4.78 is 10.6. The maximum Gasteiger partial charge on any atom is 0.343 e. The number of benzene rings is 1. The summed E-state index contributed by atoms with van der Waals surface area (Å²) in [6.45, 7) is -0.176.